The maximum atomic E-state index is 11.8. The van der Waals surface area contributed by atoms with Gasteiger partial charge in [0, 0.05) is 11.6 Å². The van der Waals surface area contributed by atoms with Crippen LogP contribution in [0.2, 0.25) is 5.02 Å². The fraction of sp³-hybridized carbons (Fsp3) is 0.412. The van der Waals surface area contributed by atoms with E-state index >= 15 is 0 Å². The Morgan fingerprint density at radius 1 is 1.07 bits per heavy atom. The lowest BCUT2D eigenvalue weighted by molar-refractivity contribution is -0.159. The summed E-state index contributed by atoms with van der Waals surface area (Å²) < 4.78 is 4.70. The van der Waals surface area contributed by atoms with Gasteiger partial charge in [0.1, 0.15) is 6.04 Å². The van der Waals surface area contributed by atoms with Crippen LogP contribution in [0.1, 0.15) is 19.4 Å². The number of carbonyl (C=O) groups is 4. The van der Waals surface area contributed by atoms with Crippen LogP contribution < -0.4 is 10.6 Å². The van der Waals surface area contributed by atoms with Crippen molar-refractivity contribution in [3.8, 4) is 0 Å². The summed E-state index contributed by atoms with van der Waals surface area (Å²) in [6.07, 6.45) is 0. The molecule has 1 aromatic rings. The summed E-state index contributed by atoms with van der Waals surface area (Å²) in [5.41, 5.74) is 0.959. The molecule has 4 N–H and O–H groups in total. The van der Waals surface area contributed by atoms with Gasteiger partial charge in [-0.2, -0.15) is 0 Å². The highest BCUT2D eigenvalue weighted by atomic mass is 35.5. The highest BCUT2D eigenvalue weighted by Gasteiger charge is 2.22. The van der Waals surface area contributed by atoms with Crippen molar-refractivity contribution in [2.24, 2.45) is 5.92 Å². The molecule has 0 aliphatic carbocycles. The van der Waals surface area contributed by atoms with Gasteiger partial charge in [-0.15, -0.1) is 0 Å². The molecule has 0 bridgehead atoms. The third kappa shape index (κ3) is 10.8. The van der Waals surface area contributed by atoms with E-state index < -0.39 is 18.0 Å². The predicted octanol–water partition coefficient (Wildman–Crippen LogP) is 0.899. The number of hydrogen-bond acceptors (Lipinski definition) is 6. The summed E-state index contributed by atoms with van der Waals surface area (Å²) in [4.78, 5) is 41.5. The fourth-order valence-corrected chi connectivity index (χ4v) is 1.91. The van der Waals surface area contributed by atoms with Crippen molar-refractivity contribution < 1.29 is 34.1 Å². The highest BCUT2D eigenvalue weighted by Crippen LogP contribution is 2.09. The predicted molar refractivity (Wildman–Crippen MR) is 97.2 cm³/mol. The molecule has 27 heavy (non-hydrogen) atoms. The average molecular weight is 403 g/mol. The molecule has 1 atom stereocenters. The van der Waals surface area contributed by atoms with E-state index in [1.54, 1.807) is 12.1 Å². The van der Waals surface area contributed by atoms with Crippen LogP contribution in [0.3, 0.4) is 0 Å². The van der Waals surface area contributed by atoms with Gasteiger partial charge >= 0.3 is 17.9 Å². The summed E-state index contributed by atoms with van der Waals surface area (Å²) in [7, 11) is 1.33. The van der Waals surface area contributed by atoms with Crippen LogP contribution in [-0.2, 0) is 30.5 Å². The molecule has 1 aromatic carbocycles. The number of benzene rings is 1. The Bertz CT molecular complexity index is 635. The largest absolute Gasteiger partial charge is 0.473 e. The van der Waals surface area contributed by atoms with E-state index in [1.807, 2.05) is 26.0 Å². The molecule has 9 nitrogen and oxygen atoms in total. The minimum absolute atomic E-state index is 0.0431. The summed E-state index contributed by atoms with van der Waals surface area (Å²) in [6.45, 7) is 4.26. The normalized spacial score (nSPS) is 11.0. The second-order valence-corrected chi connectivity index (χ2v) is 6.08. The molecule has 0 radical (unpaired) electrons. The van der Waals surface area contributed by atoms with Gasteiger partial charge in [-0.3, -0.25) is 14.9 Å². The summed E-state index contributed by atoms with van der Waals surface area (Å²) in [5, 5.41) is 21.1. The number of esters is 1. The van der Waals surface area contributed by atoms with Gasteiger partial charge in [0.05, 0.1) is 13.7 Å². The molecule has 0 aliphatic heterocycles. The summed E-state index contributed by atoms with van der Waals surface area (Å²) >= 11 is 5.79. The van der Waals surface area contributed by atoms with Gasteiger partial charge in [0.25, 0.3) is 0 Å². The van der Waals surface area contributed by atoms with Crippen molar-refractivity contribution in [1.29, 1.82) is 0 Å². The number of ether oxygens (including phenoxy) is 1. The topological polar surface area (TPSA) is 142 Å². The first-order chi connectivity index (χ1) is 12.6. The molecule has 0 spiro atoms. The van der Waals surface area contributed by atoms with Gasteiger partial charge < -0.3 is 20.3 Å². The molecule has 1 unspecified atom stereocenters. The molecule has 0 saturated heterocycles. The van der Waals surface area contributed by atoms with E-state index in [0.717, 1.165) is 5.56 Å². The van der Waals surface area contributed by atoms with E-state index in [4.69, 9.17) is 36.1 Å². The average Bonchev–Trinajstić information content (AvgIpc) is 2.61. The van der Waals surface area contributed by atoms with Crippen LogP contribution in [0, 0.1) is 5.92 Å². The van der Waals surface area contributed by atoms with Gasteiger partial charge in [-0.05, 0) is 23.6 Å². The van der Waals surface area contributed by atoms with Crippen LogP contribution in [0.15, 0.2) is 24.3 Å². The number of carboxylic acid groups (broad SMARTS) is 2. The zero-order valence-corrected chi connectivity index (χ0v) is 15.9. The molecule has 0 fully saturated rings. The first-order valence-electron chi connectivity index (χ1n) is 7.87. The molecule has 1 rings (SSSR count). The first kappa shape index (κ1) is 24.4. The van der Waals surface area contributed by atoms with Crippen LogP contribution in [0.4, 0.5) is 0 Å². The Labute approximate surface area is 161 Å². The van der Waals surface area contributed by atoms with Gasteiger partial charge in [-0.25, -0.2) is 9.59 Å². The fourth-order valence-electron chi connectivity index (χ4n) is 1.79. The van der Waals surface area contributed by atoms with Crippen LogP contribution >= 0.6 is 11.6 Å². The number of methoxy groups -OCH3 is 1. The van der Waals surface area contributed by atoms with Crippen molar-refractivity contribution in [3.05, 3.63) is 34.9 Å². The summed E-state index contributed by atoms with van der Waals surface area (Å²) in [5.74, 6) is -4.15. The van der Waals surface area contributed by atoms with Crippen LogP contribution in [-0.4, -0.2) is 53.7 Å². The highest BCUT2D eigenvalue weighted by molar-refractivity contribution is 6.30. The van der Waals surface area contributed by atoms with E-state index in [0.29, 0.717) is 11.6 Å². The van der Waals surface area contributed by atoms with Crippen molar-refractivity contribution in [2.45, 2.75) is 26.4 Å². The molecule has 0 heterocycles. The number of halogens is 1. The zero-order valence-electron chi connectivity index (χ0n) is 15.2. The minimum atomic E-state index is -1.82. The number of hydrogen-bond donors (Lipinski definition) is 4. The third-order valence-electron chi connectivity index (χ3n) is 3.19. The monoisotopic (exact) mass is 402 g/mol. The number of carbonyl (C=O) groups excluding carboxylic acids is 2. The second kappa shape index (κ2) is 12.7. The zero-order chi connectivity index (χ0) is 21.0. The number of rotatable bonds is 7. The molecule has 150 valence electrons. The third-order valence-corrected chi connectivity index (χ3v) is 3.44. The Morgan fingerprint density at radius 3 is 2.00 bits per heavy atom. The lowest BCUT2D eigenvalue weighted by Gasteiger charge is -2.19. The van der Waals surface area contributed by atoms with Crippen molar-refractivity contribution >= 4 is 35.4 Å². The van der Waals surface area contributed by atoms with E-state index in [-0.39, 0.29) is 24.3 Å². The second-order valence-electron chi connectivity index (χ2n) is 5.64. The first-order valence-corrected chi connectivity index (χ1v) is 8.24. The number of aliphatic carboxylic acids is 2. The Kier molecular flexibility index (Phi) is 11.4. The van der Waals surface area contributed by atoms with Crippen molar-refractivity contribution in [2.75, 3.05) is 13.7 Å². The van der Waals surface area contributed by atoms with E-state index in [1.165, 1.54) is 7.11 Å². The summed E-state index contributed by atoms with van der Waals surface area (Å²) in [6, 6.07) is 6.75. The minimum Gasteiger partial charge on any atom is -0.473 e. The quantitative estimate of drug-likeness (QED) is 0.389. The molecular weight excluding hydrogens is 380 g/mol. The van der Waals surface area contributed by atoms with E-state index in [2.05, 4.69) is 10.6 Å². The molecule has 0 aliphatic rings. The maximum absolute atomic E-state index is 11.8. The molecule has 10 heteroatoms. The Morgan fingerprint density at radius 2 is 1.59 bits per heavy atom. The van der Waals surface area contributed by atoms with Gasteiger partial charge in [-0.1, -0.05) is 37.6 Å². The van der Waals surface area contributed by atoms with Crippen LogP contribution in [0.25, 0.3) is 0 Å². The van der Waals surface area contributed by atoms with Gasteiger partial charge in [0.15, 0.2) is 0 Å². The van der Waals surface area contributed by atoms with Crippen LogP contribution in [0.5, 0.6) is 0 Å². The molecule has 1 amide bonds. The molecular formula is C17H23ClN2O7. The van der Waals surface area contributed by atoms with E-state index in [9.17, 15) is 9.59 Å². The standard InChI is InChI=1S/C15H21ClN2O3.C2H2O4/c1-10(2)14(15(20)21-3)18-9-13(19)17-8-11-4-6-12(16)7-5-11;3-1(4)2(5)6/h4-7,10,14,18H,8-9H2,1-3H3,(H,17,19);(H,3,4)(H,5,6). The molecule has 0 saturated carbocycles. The SMILES string of the molecule is COC(=O)C(NCC(=O)NCc1ccc(Cl)cc1)C(C)C.O=C(O)C(=O)O. The van der Waals surface area contributed by atoms with Crippen molar-refractivity contribution in [1.82, 2.24) is 10.6 Å². The Balaban J connectivity index is 0.000000972. The smallest absolute Gasteiger partial charge is 0.414 e. The maximum Gasteiger partial charge on any atom is 0.414 e. The molecule has 0 aromatic heterocycles. The Hall–Kier alpha value is -2.65. The number of amides is 1. The lowest BCUT2D eigenvalue weighted by Crippen LogP contribution is -2.46. The number of carboxylic acids is 2. The number of nitrogens with one attached hydrogen (secondary N) is 2. The lowest BCUT2D eigenvalue weighted by atomic mass is 10.0. The van der Waals surface area contributed by atoms with Gasteiger partial charge in [0.2, 0.25) is 5.91 Å². The van der Waals surface area contributed by atoms with Crippen molar-refractivity contribution in [3.63, 3.8) is 0 Å².